The fourth-order valence-electron chi connectivity index (χ4n) is 2.91. The zero-order chi connectivity index (χ0) is 14.4. The number of anilines is 1. The third kappa shape index (κ3) is 3.64. The van der Waals surface area contributed by atoms with Gasteiger partial charge in [0.2, 0.25) is 0 Å². The minimum absolute atomic E-state index is 0.380. The highest BCUT2D eigenvalue weighted by atomic mass is 16.5. The van der Waals surface area contributed by atoms with Crippen molar-refractivity contribution in [3.63, 3.8) is 0 Å². The summed E-state index contributed by atoms with van der Waals surface area (Å²) in [6.07, 6.45) is 5.50. The van der Waals surface area contributed by atoms with E-state index in [2.05, 4.69) is 11.4 Å². The summed E-state index contributed by atoms with van der Waals surface area (Å²) in [5, 5.41) is 22.4. The summed E-state index contributed by atoms with van der Waals surface area (Å²) in [7, 11) is 1.58. The van der Waals surface area contributed by atoms with Gasteiger partial charge in [-0.3, -0.25) is 0 Å². The van der Waals surface area contributed by atoms with E-state index in [9.17, 15) is 5.11 Å². The van der Waals surface area contributed by atoms with Crippen LogP contribution in [0.4, 0.5) is 5.69 Å². The number of benzene rings is 1. The average molecular weight is 274 g/mol. The van der Waals surface area contributed by atoms with E-state index in [1.807, 2.05) is 6.07 Å². The van der Waals surface area contributed by atoms with Crippen LogP contribution in [0, 0.1) is 17.2 Å². The first-order valence-electron chi connectivity index (χ1n) is 7.23. The van der Waals surface area contributed by atoms with Crippen LogP contribution >= 0.6 is 0 Å². The Hall–Kier alpha value is -1.73. The molecule has 2 rings (SSSR count). The number of rotatable bonds is 6. The zero-order valence-corrected chi connectivity index (χ0v) is 11.9. The summed E-state index contributed by atoms with van der Waals surface area (Å²) < 4.78 is 5.26. The third-order valence-corrected chi connectivity index (χ3v) is 3.96. The minimum Gasteiger partial charge on any atom is -0.495 e. The van der Waals surface area contributed by atoms with Crippen LogP contribution in [0.25, 0.3) is 0 Å². The van der Waals surface area contributed by atoms with Crippen LogP contribution in [0.1, 0.15) is 37.7 Å². The predicted octanol–water partition coefficient (Wildman–Crippen LogP) is 2.92. The monoisotopic (exact) mass is 274 g/mol. The molecule has 2 N–H and O–H groups in total. The Balaban J connectivity index is 1.94. The second-order valence-corrected chi connectivity index (χ2v) is 5.42. The zero-order valence-electron chi connectivity index (χ0n) is 11.9. The summed E-state index contributed by atoms with van der Waals surface area (Å²) in [6.45, 7) is 0.450. The Labute approximate surface area is 120 Å². The third-order valence-electron chi connectivity index (χ3n) is 3.96. The number of hydrogen-bond acceptors (Lipinski definition) is 4. The number of para-hydroxylation sites is 1. The summed E-state index contributed by atoms with van der Waals surface area (Å²) in [6, 6.07) is 7.49. The molecule has 1 saturated carbocycles. The number of ether oxygens (including phenoxy) is 1. The lowest BCUT2D eigenvalue weighted by Crippen LogP contribution is -2.22. The Morgan fingerprint density at radius 2 is 2.20 bits per heavy atom. The lowest BCUT2D eigenvalue weighted by atomic mass is 10.00. The summed E-state index contributed by atoms with van der Waals surface area (Å²) in [4.78, 5) is 0. The maximum atomic E-state index is 10.1. The van der Waals surface area contributed by atoms with Crippen LogP contribution in [0.15, 0.2) is 18.2 Å². The largest absolute Gasteiger partial charge is 0.495 e. The summed E-state index contributed by atoms with van der Waals surface area (Å²) in [5.41, 5.74) is 1.21. The van der Waals surface area contributed by atoms with E-state index in [0.717, 1.165) is 6.42 Å². The first-order chi connectivity index (χ1) is 9.74. The first kappa shape index (κ1) is 14.7. The van der Waals surface area contributed by atoms with Gasteiger partial charge in [0.15, 0.2) is 0 Å². The predicted molar refractivity (Wildman–Crippen MR) is 78.8 cm³/mol. The van der Waals surface area contributed by atoms with E-state index in [4.69, 9.17) is 10.00 Å². The van der Waals surface area contributed by atoms with Crippen molar-refractivity contribution < 1.29 is 9.84 Å². The molecule has 1 aliphatic carbocycles. The molecule has 0 amide bonds. The van der Waals surface area contributed by atoms with Crippen molar-refractivity contribution in [1.29, 1.82) is 5.26 Å². The first-order valence-corrected chi connectivity index (χ1v) is 7.23. The molecule has 4 nitrogen and oxygen atoms in total. The molecule has 1 aromatic carbocycles. The molecule has 0 spiro atoms. The van der Waals surface area contributed by atoms with Gasteiger partial charge in [-0.05, 0) is 24.5 Å². The number of aliphatic hydroxyl groups is 1. The standard InChI is InChI=1S/C16H22N2O2/c1-20-15-8-4-7-13(10-17)16(15)18-11-14(19)9-12-5-2-3-6-12/h4,7-8,12,14,18-19H,2-3,5-6,9,11H2,1H3. The number of nitriles is 1. The van der Waals surface area contributed by atoms with Crippen LogP contribution < -0.4 is 10.1 Å². The Kier molecular flexibility index (Phi) is 5.25. The van der Waals surface area contributed by atoms with E-state index in [0.29, 0.717) is 29.5 Å². The van der Waals surface area contributed by atoms with E-state index in [-0.39, 0.29) is 6.10 Å². The van der Waals surface area contributed by atoms with E-state index >= 15 is 0 Å². The highest BCUT2D eigenvalue weighted by Crippen LogP contribution is 2.30. The molecule has 0 radical (unpaired) electrons. The number of hydrogen-bond donors (Lipinski definition) is 2. The van der Waals surface area contributed by atoms with Gasteiger partial charge in [0.1, 0.15) is 11.8 Å². The van der Waals surface area contributed by atoms with Crippen molar-refractivity contribution in [1.82, 2.24) is 0 Å². The average Bonchev–Trinajstić information content (AvgIpc) is 2.97. The number of methoxy groups -OCH3 is 1. The molecule has 4 heteroatoms. The Bertz CT molecular complexity index is 476. The minimum atomic E-state index is -0.380. The molecule has 0 heterocycles. The van der Waals surface area contributed by atoms with Crippen LogP contribution in [0.5, 0.6) is 5.75 Å². The second-order valence-electron chi connectivity index (χ2n) is 5.42. The summed E-state index contributed by atoms with van der Waals surface area (Å²) >= 11 is 0. The smallest absolute Gasteiger partial charge is 0.143 e. The van der Waals surface area contributed by atoms with Gasteiger partial charge >= 0.3 is 0 Å². The van der Waals surface area contributed by atoms with Crippen molar-refractivity contribution in [2.24, 2.45) is 5.92 Å². The van der Waals surface area contributed by atoms with Crippen molar-refractivity contribution in [2.75, 3.05) is 19.0 Å². The molecule has 0 aliphatic heterocycles. The Morgan fingerprint density at radius 3 is 2.85 bits per heavy atom. The van der Waals surface area contributed by atoms with Gasteiger partial charge in [0, 0.05) is 6.54 Å². The number of aliphatic hydroxyl groups excluding tert-OH is 1. The highest BCUT2D eigenvalue weighted by molar-refractivity contribution is 5.66. The number of nitrogens with one attached hydrogen (secondary N) is 1. The van der Waals surface area contributed by atoms with Gasteiger partial charge in [0.05, 0.1) is 24.5 Å². The van der Waals surface area contributed by atoms with Gasteiger partial charge in [-0.2, -0.15) is 5.26 Å². The fraction of sp³-hybridized carbons (Fsp3) is 0.562. The maximum absolute atomic E-state index is 10.1. The molecule has 1 atom stereocenters. The molecule has 108 valence electrons. The summed E-state index contributed by atoms with van der Waals surface area (Å²) in [5.74, 6) is 1.29. The molecule has 0 bridgehead atoms. The fourth-order valence-corrected chi connectivity index (χ4v) is 2.91. The van der Waals surface area contributed by atoms with E-state index in [1.165, 1.54) is 25.7 Å². The molecule has 1 aromatic rings. The van der Waals surface area contributed by atoms with Gasteiger partial charge in [-0.15, -0.1) is 0 Å². The maximum Gasteiger partial charge on any atom is 0.143 e. The molecule has 1 aliphatic rings. The van der Waals surface area contributed by atoms with Gasteiger partial charge in [-0.25, -0.2) is 0 Å². The van der Waals surface area contributed by atoms with Crippen LogP contribution in [-0.2, 0) is 0 Å². The lowest BCUT2D eigenvalue weighted by molar-refractivity contribution is 0.155. The Morgan fingerprint density at radius 1 is 1.45 bits per heavy atom. The van der Waals surface area contributed by atoms with Gasteiger partial charge < -0.3 is 15.2 Å². The lowest BCUT2D eigenvalue weighted by Gasteiger charge is -2.18. The van der Waals surface area contributed by atoms with Crippen molar-refractivity contribution in [3.8, 4) is 11.8 Å². The van der Waals surface area contributed by atoms with Crippen LogP contribution in [0.2, 0.25) is 0 Å². The van der Waals surface area contributed by atoms with E-state index < -0.39 is 0 Å². The molecule has 20 heavy (non-hydrogen) atoms. The van der Waals surface area contributed by atoms with Crippen LogP contribution in [-0.4, -0.2) is 24.9 Å². The molecular weight excluding hydrogens is 252 g/mol. The van der Waals surface area contributed by atoms with Crippen molar-refractivity contribution in [3.05, 3.63) is 23.8 Å². The van der Waals surface area contributed by atoms with Crippen molar-refractivity contribution in [2.45, 2.75) is 38.2 Å². The molecule has 1 unspecified atom stereocenters. The quantitative estimate of drug-likeness (QED) is 0.837. The van der Waals surface area contributed by atoms with Crippen LogP contribution in [0.3, 0.4) is 0 Å². The molecular formula is C16H22N2O2. The normalized spacial score (nSPS) is 16.6. The number of nitrogens with zero attached hydrogens (tertiary/aromatic N) is 1. The molecule has 0 saturated heterocycles. The molecule has 1 fully saturated rings. The SMILES string of the molecule is COc1cccc(C#N)c1NCC(O)CC1CCCC1. The van der Waals surface area contributed by atoms with E-state index in [1.54, 1.807) is 19.2 Å². The topological polar surface area (TPSA) is 65.3 Å². The van der Waals surface area contributed by atoms with Gasteiger partial charge in [0.25, 0.3) is 0 Å². The second kappa shape index (κ2) is 7.16. The highest BCUT2D eigenvalue weighted by Gasteiger charge is 2.19. The van der Waals surface area contributed by atoms with Gasteiger partial charge in [-0.1, -0.05) is 31.7 Å². The van der Waals surface area contributed by atoms with Crippen molar-refractivity contribution >= 4 is 5.69 Å². The molecule has 0 aromatic heterocycles.